The fraction of sp³-hybridized carbons (Fsp3) is 0.300. The normalized spacial score (nSPS) is 10.0. The Hall–Kier alpha value is -1.62. The van der Waals surface area contributed by atoms with Crippen molar-refractivity contribution in [2.75, 3.05) is 6.61 Å². The summed E-state index contributed by atoms with van der Waals surface area (Å²) in [6.45, 7) is 3.03. The molecular formula is C10H12NO4. The van der Waals surface area contributed by atoms with Crippen LogP contribution < -0.4 is 4.74 Å². The molecule has 0 aliphatic rings. The number of nitrogens with zero attached hydrogens (tertiary/aromatic N) is 1. The Bertz CT molecular complexity index is 351. The highest BCUT2D eigenvalue weighted by Gasteiger charge is 2.20. The number of benzene rings is 1. The van der Waals surface area contributed by atoms with Gasteiger partial charge in [0.2, 0.25) is 0 Å². The Labute approximate surface area is 87.5 Å². The fourth-order valence-electron chi connectivity index (χ4n) is 1.17. The molecule has 1 aromatic rings. The number of hydrogen-bond donors (Lipinski definition) is 1. The minimum Gasteiger partial charge on any atom is -0.487 e. The summed E-state index contributed by atoms with van der Waals surface area (Å²) in [5, 5.41) is 19.6. The largest absolute Gasteiger partial charge is 0.487 e. The Kier molecular flexibility index (Phi) is 4.05. The monoisotopic (exact) mass is 210 g/mol. The lowest BCUT2D eigenvalue weighted by Crippen LogP contribution is -2.01. The minimum atomic E-state index is -0.562. The highest BCUT2D eigenvalue weighted by Crippen LogP contribution is 2.31. The van der Waals surface area contributed by atoms with E-state index in [-0.39, 0.29) is 17.0 Å². The van der Waals surface area contributed by atoms with Crippen LogP contribution in [0.3, 0.4) is 0 Å². The molecule has 5 heteroatoms. The predicted molar refractivity (Wildman–Crippen MR) is 54.2 cm³/mol. The van der Waals surface area contributed by atoms with Crippen LogP contribution >= 0.6 is 0 Å². The van der Waals surface area contributed by atoms with E-state index in [2.05, 4.69) is 0 Å². The summed E-state index contributed by atoms with van der Waals surface area (Å²) in [5.74, 6) is 0.185. The summed E-state index contributed by atoms with van der Waals surface area (Å²) in [7, 11) is 0. The number of nitro benzene ring substituents is 1. The summed E-state index contributed by atoms with van der Waals surface area (Å²) in [6, 6.07) is 4.57. The molecular weight excluding hydrogens is 198 g/mol. The van der Waals surface area contributed by atoms with E-state index in [4.69, 9.17) is 9.84 Å². The first-order valence-electron chi connectivity index (χ1n) is 4.58. The van der Waals surface area contributed by atoms with E-state index >= 15 is 0 Å². The van der Waals surface area contributed by atoms with Gasteiger partial charge >= 0.3 is 5.69 Å². The molecule has 5 nitrogen and oxygen atoms in total. The van der Waals surface area contributed by atoms with Crippen molar-refractivity contribution in [3.63, 3.8) is 0 Å². The van der Waals surface area contributed by atoms with Crippen molar-refractivity contribution in [2.24, 2.45) is 0 Å². The van der Waals surface area contributed by atoms with Crippen LogP contribution in [-0.2, 0) is 0 Å². The zero-order chi connectivity index (χ0) is 11.3. The molecule has 0 aliphatic carbocycles. The molecule has 0 unspecified atom stereocenters. The Balaban J connectivity index is 3.07. The van der Waals surface area contributed by atoms with E-state index in [9.17, 15) is 10.1 Å². The van der Waals surface area contributed by atoms with E-state index in [0.29, 0.717) is 13.2 Å². The SMILES string of the molecule is CCCOc1cccc([CH]O)c1[N+](=O)[O-]. The fourth-order valence-corrected chi connectivity index (χ4v) is 1.17. The predicted octanol–water partition coefficient (Wildman–Crippen LogP) is 2.27. The molecule has 15 heavy (non-hydrogen) atoms. The number of nitro groups is 1. The molecule has 0 bridgehead atoms. The molecule has 0 saturated carbocycles. The van der Waals surface area contributed by atoms with E-state index in [1.54, 1.807) is 6.07 Å². The first-order chi connectivity index (χ1) is 7.20. The standard InChI is InChI=1S/C10H12NO4/c1-2-6-15-9-5-3-4-8(7-12)10(9)11(13)14/h3-5,7,12H,2,6H2,1H3. The van der Waals surface area contributed by atoms with Gasteiger partial charge in [-0.3, -0.25) is 10.1 Å². The van der Waals surface area contributed by atoms with Crippen LogP contribution in [0.15, 0.2) is 18.2 Å². The smallest absolute Gasteiger partial charge is 0.316 e. The molecule has 0 aromatic heterocycles. The lowest BCUT2D eigenvalue weighted by atomic mass is 10.2. The molecule has 81 valence electrons. The van der Waals surface area contributed by atoms with Crippen molar-refractivity contribution in [3.05, 3.63) is 40.5 Å². The van der Waals surface area contributed by atoms with Crippen molar-refractivity contribution in [3.8, 4) is 5.75 Å². The second-order valence-corrected chi connectivity index (χ2v) is 2.93. The van der Waals surface area contributed by atoms with Crippen LogP contribution in [-0.4, -0.2) is 16.6 Å². The lowest BCUT2D eigenvalue weighted by molar-refractivity contribution is -0.386. The summed E-state index contributed by atoms with van der Waals surface area (Å²) in [5.41, 5.74) is -0.0537. The summed E-state index contributed by atoms with van der Waals surface area (Å²) in [6.07, 6.45) is 0.768. The summed E-state index contributed by atoms with van der Waals surface area (Å²) >= 11 is 0. The third-order valence-electron chi connectivity index (χ3n) is 1.81. The Morgan fingerprint density at radius 1 is 1.60 bits per heavy atom. The average molecular weight is 210 g/mol. The number of aliphatic hydroxyl groups excluding tert-OH is 1. The van der Waals surface area contributed by atoms with Gasteiger partial charge in [-0.15, -0.1) is 0 Å². The number of rotatable bonds is 5. The quantitative estimate of drug-likeness (QED) is 0.597. The zero-order valence-electron chi connectivity index (χ0n) is 8.34. The molecule has 0 fully saturated rings. The molecule has 0 heterocycles. The Morgan fingerprint density at radius 3 is 2.87 bits per heavy atom. The number of aliphatic hydroxyl groups is 1. The highest BCUT2D eigenvalue weighted by molar-refractivity contribution is 5.54. The van der Waals surface area contributed by atoms with Crippen LogP contribution in [0.5, 0.6) is 5.75 Å². The summed E-state index contributed by atoms with van der Waals surface area (Å²) < 4.78 is 5.22. The van der Waals surface area contributed by atoms with E-state index in [1.807, 2.05) is 6.92 Å². The van der Waals surface area contributed by atoms with Crippen LogP contribution in [0.2, 0.25) is 0 Å². The average Bonchev–Trinajstić information content (AvgIpc) is 2.25. The number of hydrogen-bond acceptors (Lipinski definition) is 4. The summed E-state index contributed by atoms with van der Waals surface area (Å²) in [4.78, 5) is 10.2. The number of ether oxygens (including phenoxy) is 1. The van der Waals surface area contributed by atoms with Crippen molar-refractivity contribution in [1.29, 1.82) is 0 Å². The third-order valence-corrected chi connectivity index (χ3v) is 1.81. The van der Waals surface area contributed by atoms with Gasteiger partial charge in [0.05, 0.1) is 17.1 Å². The molecule has 0 amide bonds. The van der Waals surface area contributed by atoms with Gasteiger partial charge in [0.25, 0.3) is 0 Å². The molecule has 0 spiro atoms. The van der Waals surface area contributed by atoms with Crippen molar-refractivity contribution >= 4 is 5.69 Å². The van der Waals surface area contributed by atoms with Crippen LogP contribution in [0.25, 0.3) is 0 Å². The van der Waals surface area contributed by atoms with Gasteiger partial charge in [-0.2, -0.15) is 0 Å². The van der Waals surface area contributed by atoms with Crippen LogP contribution in [0.4, 0.5) is 5.69 Å². The minimum absolute atomic E-state index is 0.147. The van der Waals surface area contributed by atoms with Gasteiger partial charge in [-0.25, -0.2) is 0 Å². The molecule has 1 radical (unpaired) electrons. The lowest BCUT2D eigenvalue weighted by Gasteiger charge is -2.07. The topological polar surface area (TPSA) is 72.6 Å². The van der Waals surface area contributed by atoms with Crippen molar-refractivity contribution in [2.45, 2.75) is 13.3 Å². The maximum Gasteiger partial charge on any atom is 0.316 e. The van der Waals surface area contributed by atoms with Gasteiger partial charge in [0.1, 0.15) is 6.61 Å². The molecule has 0 atom stereocenters. The molecule has 1 rings (SSSR count). The third kappa shape index (κ3) is 2.66. The van der Waals surface area contributed by atoms with Gasteiger partial charge < -0.3 is 9.84 Å². The van der Waals surface area contributed by atoms with Crippen molar-refractivity contribution < 1.29 is 14.8 Å². The van der Waals surface area contributed by atoms with Gasteiger partial charge in [0, 0.05) is 0 Å². The molecule has 1 aromatic carbocycles. The van der Waals surface area contributed by atoms with Gasteiger partial charge in [0.15, 0.2) is 5.75 Å². The molecule has 1 N–H and O–H groups in total. The highest BCUT2D eigenvalue weighted by atomic mass is 16.6. The van der Waals surface area contributed by atoms with Gasteiger partial charge in [-0.1, -0.05) is 13.0 Å². The van der Waals surface area contributed by atoms with E-state index < -0.39 is 4.92 Å². The number of para-hydroxylation sites is 1. The first-order valence-corrected chi connectivity index (χ1v) is 4.58. The van der Waals surface area contributed by atoms with E-state index in [0.717, 1.165) is 6.42 Å². The van der Waals surface area contributed by atoms with Crippen molar-refractivity contribution in [1.82, 2.24) is 0 Å². The second-order valence-electron chi connectivity index (χ2n) is 2.93. The molecule has 0 saturated heterocycles. The van der Waals surface area contributed by atoms with E-state index in [1.165, 1.54) is 12.1 Å². The van der Waals surface area contributed by atoms with Gasteiger partial charge in [-0.05, 0) is 18.6 Å². The maximum atomic E-state index is 10.8. The van der Waals surface area contributed by atoms with Crippen LogP contribution in [0.1, 0.15) is 18.9 Å². The first kappa shape index (κ1) is 11.5. The second kappa shape index (κ2) is 5.31. The Morgan fingerprint density at radius 2 is 2.33 bits per heavy atom. The maximum absolute atomic E-state index is 10.8. The van der Waals surface area contributed by atoms with Crippen LogP contribution in [0, 0.1) is 16.7 Å². The molecule has 0 aliphatic heterocycles. The zero-order valence-corrected chi connectivity index (χ0v) is 8.34.